The highest BCUT2D eigenvalue weighted by Gasteiger charge is 2.21. The molecule has 2 rings (SSSR count). The van der Waals surface area contributed by atoms with E-state index in [9.17, 15) is 0 Å². The van der Waals surface area contributed by atoms with Crippen LogP contribution in [0.15, 0.2) is 23.8 Å². The number of hydrogen-bond acceptors (Lipinski definition) is 3. The fourth-order valence-electron chi connectivity index (χ4n) is 2.33. The first-order chi connectivity index (χ1) is 8.67. The second-order valence-corrected chi connectivity index (χ2v) is 4.86. The van der Waals surface area contributed by atoms with E-state index in [2.05, 4.69) is 0 Å². The van der Waals surface area contributed by atoms with Gasteiger partial charge in [-0.3, -0.25) is 0 Å². The first-order valence-corrected chi connectivity index (χ1v) is 6.47. The van der Waals surface area contributed by atoms with Gasteiger partial charge in [0.2, 0.25) is 0 Å². The normalized spacial score (nSPS) is 15.6. The number of nitrogens with two attached hydrogens (primary N) is 1. The SMILES string of the molecule is COc1ccc2c(c1)CCC(C(N)CCO)=C2Cl.Cl. The van der Waals surface area contributed by atoms with Gasteiger partial charge in [0.05, 0.1) is 7.11 Å². The van der Waals surface area contributed by atoms with Crippen molar-refractivity contribution in [2.75, 3.05) is 13.7 Å². The molecule has 0 heterocycles. The summed E-state index contributed by atoms with van der Waals surface area (Å²) in [5, 5.41) is 9.69. The first kappa shape index (κ1) is 16.3. The van der Waals surface area contributed by atoms with Crippen molar-refractivity contribution in [3.05, 3.63) is 34.9 Å². The summed E-state index contributed by atoms with van der Waals surface area (Å²) in [5.74, 6) is 0.848. The van der Waals surface area contributed by atoms with Crippen molar-refractivity contribution in [2.24, 2.45) is 5.73 Å². The Balaban J connectivity index is 0.00000180. The number of methoxy groups -OCH3 is 1. The monoisotopic (exact) mass is 303 g/mol. The average Bonchev–Trinajstić information content (AvgIpc) is 2.38. The predicted molar refractivity (Wildman–Crippen MR) is 81.0 cm³/mol. The number of halogens is 2. The number of hydrogen-bond donors (Lipinski definition) is 2. The Morgan fingerprint density at radius 1 is 1.42 bits per heavy atom. The van der Waals surface area contributed by atoms with E-state index in [1.54, 1.807) is 7.11 Å². The molecule has 0 aliphatic heterocycles. The van der Waals surface area contributed by atoms with E-state index >= 15 is 0 Å². The molecule has 0 saturated carbocycles. The summed E-state index contributed by atoms with van der Waals surface area (Å²) in [7, 11) is 1.66. The van der Waals surface area contributed by atoms with Crippen LogP contribution in [0.25, 0.3) is 5.03 Å². The molecule has 1 aromatic rings. The summed E-state index contributed by atoms with van der Waals surface area (Å²) in [5.41, 5.74) is 9.31. The van der Waals surface area contributed by atoms with Crippen LogP contribution in [0, 0.1) is 0 Å². The van der Waals surface area contributed by atoms with Gasteiger partial charge in [0.15, 0.2) is 0 Å². The minimum absolute atomic E-state index is 0. The van der Waals surface area contributed by atoms with Crippen molar-refractivity contribution < 1.29 is 9.84 Å². The van der Waals surface area contributed by atoms with Gasteiger partial charge >= 0.3 is 0 Å². The van der Waals surface area contributed by atoms with Crippen molar-refractivity contribution in [3.8, 4) is 5.75 Å². The maximum atomic E-state index is 8.95. The van der Waals surface area contributed by atoms with Gasteiger partial charge in [-0.2, -0.15) is 0 Å². The van der Waals surface area contributed by atoms with Crippen molar-refractivity contribution in [2.45, 2.75) is 25.3 Å². The van der Waals surface area contributed by atoms with Crippen LogP contribution in [0.5, 0.6) is 5.75 Å². The van der Waals surface area contributed by atoms with Crippen molar-refractivity contribution in [1.29, 1.82) is 0 Å². The molecule has 106 valence electrons. The average molecular weight is 304 g/mol. The van der Waals surface area contributed by atoms with E-state index in [1.165, 1.54) is 5.56 Å². The van der Waals surface area contributed by atoms with Crippen LogP contribution in [0.4, 0.5) is 0 Å². The standard InChI is InChI=1S/C14H18ClNO2.ClH/c1-18-10-3-5-11-9(8-10)2-4-12(14(11)15)13(16)6-7-17;/h3,5,8,13,17H,2,4,6-7,16H2,1H3;1H. The lowest BCUT2D eigenvalue weighted by atomic mass is 9.87. The fourth-order valence-corrected chi connectivity index (χ4v) is 2.75. The molecular weight excluding hydrogens is 285 g/mol. The molecule has 0 spiro atoms. The summed E-state index contributed by atoms with van der Waals surface area (Å²) in [6, 6.07) is 5.74. The van der Waals surface area contributed by atoms with E-state index in [0.717, 1.165) is 34.8 Å². The lowest BCUT2D eigenvalue weighted by Gasteiger charge is -2.24. The van der Waals surface area contributed by atoms with Crippen molar-refractivity contribution in [1.82, 2.24) is 0 Å². The quantitative estimate of drug-likeness (QED) is 0.899. The zero-order chi connectivity index (χ0) is 13.1. The number of fused-ring (bicyclic) bond motifs is 1. The molecule has 3 nitrogen and oxygen atoms in total. The molecule has 3 N–H and O–H groups in total. The van der Waals surface area contributed by atoms with Gasteiger partial charge in [0.25, 0.3) is 0 Å². The smallest absolute Gasteiger partial charge is 0.119 e. The van der Waals surface area contributed by atoms with Crippen LogP contribution in [0.2, 0.25) is 0 Å². The van der Waals surface area contributed by atoms with E-state index in [4.69, 9.17) is 27.2 Å². The second kappa shape index (κ2) is 7.15. The third-order valence-electron chi connectivity index (χ3n) is 3.38. The zero-order valence-electron chi connectivity index (χ0n) is 10.9. The van der Waals surface area contributed by atoms with Gasteiger partial charge in [0.1, 0.15) is 5.75 Å². The topological polar surface area (TPSA) is 55.5 Å². The van der Waals surface area contributed by atoms with Crippen LogP contribution in [-0.4, -0.2) is 24.9 Å². The molecule has 0 radical (unpaired) electrons. The number of aliphatic hydroxyl groups excluding tert-OH is 1. The second-order valence-electron chi connectivity index (χ2n) is 4.48. The Morgan fingerprint density at radius 3 is 2.79 bits per heavy atom. The predicted octanol–water partition coefficient (Wildman–Crippen LogP) is 2.72. The lowest BCUT2D eigenvalue weighted by Crippen LogP contribution is -2.26. The lowest BCUT2D eigenvalue weighted by molar-refractivity contribution is 0.280. The van der Waals surface area contributed by atoms with E-state index in [1.807, 2.05) is 18.2 Å². The molecule has 0 bridgehead atoms. The molecule has 5 heteroatoms. The number of aliphatic hydroxyl groups is 1. The molecule has 0 amide bonds. The number of aryl methyl sites for hydroxylation is 1. The van der Waals surface area contributed by atoms with Gasteiger partial charge in [0, 0.05) is 17.7 Å². The highest BCUT2D eigenvalue weighted by Crippen LogP contribution is 2.37. The Kier molecular flexibility index (Phi) is 6.14. The maximum Gasteiger partial charge on any atom is 0.119 e. The summed E-state index contributed by atoms with van der Waals surface area (Å²) in [6.07, 6.45) is 2.31. The minimum atomic E-state index is -0.155. The van der Waals surface area contributed by atoms with E-state index < -0.39 is 0 Å². The molecule has 0 fully saturated rings. The Labute approximate surface area is 124 Å². The third-order valence-corrected chi connectivity index (χ3v) is 3.83. The molecule has 0 saturated heterocycles. The Bertz CT molecular complexity index is 475. The number of benzene rings is 1. The highest BCUT2D eigenvalue weighted by atomic mass is 35.5. The summed E-state index contributed by atoms with van der Waals surface area (Å²) in [4.78, 5) is 0. The van der Waals surface area contributed by atoms with Crippen LogP contribution < -0.4 is 10.5 Å². The molecule has 1 aromatic carbocycles. The van der Waals surface area contributed by atoms with E-state index in [-0.39, 0.29) is 25.1 Å². The summed E-state index contributed by atoms with van der Waals surface area (Å²) >= 11 is 6.42. The first-order valence-electron chi connectivity index (χ1n) is 6.09. The minimum Gasteiger partial charge on any atom is -0.497 e. The van der Waals surface area contributed by atoms with E-state index in [0.29, 0.717) is 6.42 Å². The van der Waals surface area contributed by atoms with Crippen LogP contribution in [0.3, 0.4) is 0 Å². The van der Waals surface area contributed by atoms with Gasteiger partial charge < -0.3 is 15.6 Å². The Morgan fingerprint density at radius 2 is 2.16 bits per heavy atom. The molecular formula is C14H19Cl2NO2. The number of rotatable bonds is 4. The molecule has 1 aliphatic rings. The van der Waals surface area contributed by atoms with Crippen LogP contribution in [-0.2, 0) is 6.42 Å². The maximum absolute atomic E-state index is 8.95. The molecule has 0 aromatic heterocycles. The van der Waals surface area contributed by atoms with Crippen molar-refractivity contribution >= 4 is 29.0 Å². The van der Waals surface area contributed by atoms with Gasteiger partial charge in [-0.05, 0) is 54.2 Å². The van der Waals surface area contributed by atoms with Crippen LogP contribution >= 0.6 is 24.0 Å². The molecule has 19 heavy (non-hydrogen) atoms. The summed E-state index contributed by atoms with van der Waals surface area (Å²) < 4.78 is 5.21. The molecule has 1 unspecified atom stereocenters. The van der Waals surface area contributed by atoms with Crippen LogP contribution in [0.1, 0.15) is 24.0 Å². The van der Waals surface area contributed by atoms with Crippen molar-refractivity contribution in [3.63, 3.8) is 0 Å². The fraction of sp³-hybridized carbons (Fsp3) is 0.429. The Hall–Kier alpha value is -0.740. The van der Waals surface area contributed by atoms with Gasteiger partial charge in [-0.15, -0.1) is 12.4 Å². The third kappa shape index (κ3) is 3.42. The zero-order valence-corrected chi connectivity index (χ0v) is 12.4. The largest absolute Gasteiger partial charge is 0.497 e. The molecule has 1 aliphatic carbocycles. The number of ether oxygens (including phenoxy) is 1. The highest BCUT2D eigenvalue weighted by molar-refractivity contribution is 6.49. The molecule has 1 atom stereocenters. The van der Waals surface area contributed by atoms with Gasteiger partial charge in [-0.1, -0.05) is 11.6 Å². The van der Waals surface area contributed by atoms with Gasteiger partial charge in [-0.25, -0.2) is 0 Å². The summed E-state index contributed by atoms with van der Waals surface area (Å²) in [6.45, 7) is 0.0876.